The first kappa shape index (κ1) is 25.2. The second kappa shape index (κ2) is 18.3. The Morgan fingerprint density at radius 3 is 2.30 bits per heavy atom. The van der Waals surface area contributed by atoms with Gasteiger partial charge in [-0.3, -0.25) is 4.99 Å². The molecule has 3 N–H and O–H groups in total. The number of nitrogens with zero attached hydrogens (tertiary/aromatic N) is 2. The molecule has 0 aliphatic rings. The first-order valence-corrected chi connectivity index (χ1v) is 9.07. The molecule has 1 atom stereocenters. The van der Waals surface area contributed by atoms with Crippen molar-refractivity contribution in [3.05, 3.63) is 0 Å². The van der Waals surface area contributed by atoms with Crippen LogP contribution in [0.2, 0.25) is 0 Å². The summed E-state index contributed by atoms with van der Waals surface area (Å²) in [6, 6.07) is 0. The molecule has 6 heteroatoms. The first-order valence-electron chi connectivity index (χ1n) is 9.07. The van der Waals surface area contributed by atoms with Gasteiger partial charge in [-0.2, -0.15) is 0 Å². The van der Waals surface area contributed by atoms with E-state index in [-0.39, 0.29) is 30.6 Å². The van der Waals surface area contributed by atoms with E-state index in [1.54, 1.807) is 0 Å². The van der Waals surface area contributed by atoms with Crippen LogP contribution in [0.1, 0.15) is 53.4 Å². The van der Waals surface area contributed by atoms with E-state index in [4.69, 9.17) is 5.11 Å². The van der Waals surface area contributed by atoms with Gasteiger partial charge < -0.3 is 20.6 Å². The maximum atomic E-state index is 9.13. The first-order chi connectivity index (χ1) is 10.7. The summed E-state index contributed by atoms with van der Waals surface area (Å²) < 4.78 is 0. The smallest absolute Gasteiger partial charge is 0.191 e. The lowest BCUT2D eigenvalue weighted by Gasteiger charge is -2.21. The van der Waals surface area contributed by atoms with Crippen molar-refractivity contribution in [1.82, 2.24) is 15.5 Å². The zero-order valence-corrected chi connectivity index (χ0v) is 17.9. The van der Waals surface area contributed by atoms with Gasteiger partial charge in [0.05, 0.1) is 0 Å². The van der Waals surface area contributed by atoms with Gasteiger partial charge in [0, 0.05) is 32.8 Å². The monoisotopic (exact) mass is 442 g/mol. The second-order valence-electron chi connectivity index (χ2n) is 5.75. The molecule has 0 heterocycles. The summed E-state index contributed by atoms with van der Waals surface area (Å²) in [6.45, 7) is 14.8. The third-order valence-corrected chi connectivity index (χ3v) is 3.79. The molecular formula is C17H39IN4O. The summed E-state index contributed by atoms with van der Waals surface area (Å²) in [4.78, 5) is 7.13. The fourth-order valence-electron chi connectivity index (χ4n) is 2.56. The molecule has 0 aromatic carbocycles. The van der Waals surface area contributed by atoms with Gasteiger partial charge in [-0.25, -0.2) is 0 Å². The Balaban J connectivity index is 0. The van der Waals surface area contributed by atoms with Gasteiger partial charge in [0.1, 0.15) is 0 Å². The Labute approximate surface area is 160 Å². The largest absolute Gasteiger partial charge is 0.396 e. The van der Waals surface area contributed by atoms with Crippen LogP contribution in [0.25, 0.3) is 0 Å². The van der Waals surface area contributed by atoms with Crippen molar-refractivity contribution in [2.24, 2.45) is 10.9 Å². The zero-order chi connectivity index (χ0) is 16.6. The highest BCUT2D eigenvalue weighted by Gasteiger charge is 2.07. The summed E-state index contributed by atoms with van der Waals surface area (Å²) in [6.07, 6.45) is 4.31. The SMILES string of the molecule is CCCC(CCO)CN=C(NCC)NCCN(CC)CCC.I. The molecule has 0 rings (SSSR count). The molecule has 140 valence electrons. The van der Waals surface area contributed by atoms with Crippen molar-refractivity contribution in [2.75, 3.05) is 45.9 Å². The summed E-state index contributed by atoms with van der Waals surface area (Å²) in [5.41, 5.74) is 0. The highest BCUT2D eigenvalue weighted by Crippen LogP contribution is 2.10. The number of nitrogens with one attached hydrogen (secondary N) is 2. The van der Waals surface area contributed by atoms with Crippen LogP contribution in [0.3, 0.4) is 0 Å². The minimum Gasteiger partial charge on any atom is -0.396 e. The van der Waals surface area contributed by atoms with Gasteiger partial charge in [0.2, 0.25) is 0 Å². The Morgan fingerprint density at radius 1 is 1.04 bits per heavy atom. The second-order valence-corrected chi connectivity index (χ2v) is 5.75. The highest BCUT2D eigenvalue weighted by atomic mass is 127. The van der Waals surface area contributed by atoms with Crippen molar-refractivity contribution in [1.29, 1.82) is 0 Å². The fraction of sp³-hybridized carbons (Fsp3) is 0.941. The van der Waals surface area contributed by atoms with Gasteiger partial charge in [0.15, 0.2) is 5.96 Å². The van der Waals surface area contributed by atoms with Crippen LogP contribution in [0.5, 0.6) is 0 Å². The Bertz CT molecular complexity index is 271. The van der Waals surface area contributed by atoms with Crippen LogP contribution < -0.4 is 10.6 Å². The van der Waals surface area contributed by atoms with E-state index >= 15 is 0 Å². The van der Waals surface area contributed by atoms with Gasteiger partial charge in [-0.1, -0.05) is 27.2 Å². The van der Waals surface area contributed by atoms with E-state index in [1.165, 1.54) is 6.42 Å². The van der Waals surface area contributed by atoms with E-state index in [0.717, 1.165) is 64.5 Å². The summed E-state index contributed by atoms with van der Waals surface area (Å²) in [5, 5.41) is 15.8. The molecule has 0 bridgehead atoms. The van der Waals surface area contributed by atoms with E-state index in [1.807, 2.05) is 0 Å². The molecule has 0 aromatic rings. The molecule has 0 saturated carbocycles. The molecule has 0 radical (unpaired) electrons. The van der Waals surface area contributed by atoms with Crippen molar-refractivity contribution in [3.8, 4) is 0 Å². The van der Waals surface area contributed by atoms with Crippen LogP contribution in [0.4, 0.5) is 0 Å². The highest BCUT2D eigenvalue weighted by molar-refractivity contribution is 14.0. The standard InChI is InChI=1S/C17H38N4O.HI/c1-5-9-16(10-14-22)15-20-17(18-7-3)19-11-13-21(8-4)12-6-2;/h16,22H,5-15H2,1-4H3,(H2,18,19,20);1H. The van der Waals surface area contributed by atoms with Gasteiger partial charge in [0.25, 0.3) is 0 Å². The topological polar surface area (TPSA) is 59.9 Å². The van der Waals surface area contributed by atoms with Crippen LogP contribution in [0, 0.1) is 5.92 Å². The number of guanidine groups is 1. The molecule has 1 unspecified atom stereocenters. The van der Waals surface area contributed by atoms with E-state index in [9.17, 15) is 0 Å². The number of likely N-dealkylation sites (N-methyl/N-ethyl adjacent to an activating group) is 1. The molecule has 0 spiro atoms. The molecular weight excluding hydrogens is 403 g/mol. The normalized spacial score (nSPS) is 12.9. The zero-order valence-electron chi connectivity index (χ0n) is 15.6. The number of aliphatic hydroxyl groups excluding tert-OH is 1. The van der Waals surface area contributed by atoms with Crippen LogP contribution in [-0.2, 0) is 0 Å². The maximum absolute atomic E-state index is 9.13. The molecule has 5 nitrogen and oxygen atoms in total. The summed E-state index contributed by atoms with van der Waals surface area (Å²) in [7, 11) is 0. The van der Waals surface area contributed by atoms with E-state index in [2.05, 4.69) is 48.2 Å². The lowest BCUT2D eigenvalue weighted by atomic mass is 10.0. The van der Waals surface area contributed by atoms with E-state index < -0.39 is 0 Å². The van der Waals surface area contributed by atoms with Crippen molar-refractivity contribution in [2.45, 2.75) is 53.4 Å². The third-order valence-electron chi connectivity index (χ3n) is 3.79. The third kappa shape index (κ3) is 14.0. The number of hydrogen-bond acceptors (Lipinski definition) is 3. The summed E-state index contributed by atoms with van der Waals surface area (Å²) >= 11 is 0. The molecule has 0 saturated heterocycles. The lowest BCUT2D eigenvalue weighted by molar-refractivity contribution is 0.253. The van der Waals surface area contributed by atoms with Crippen molar-refractivity contribution in [3.63, 3.8) is 0 Å². The molecule has 0 aliphatic heterocycles. The maximum Gasteiger partial charge on any atom is 0.191 e. The van der Waals surface area contributed by atoms with Crippen LogP contribution in [-0.4, -0.2) is 61.8 Å². The Hall–Kier alpha value is -0.0800. The molecule has 0 aliphatic carbocycles. The van der Waals surface area contributed by atoms with Crippen molar-refractivity contribution < 1.29 is 5.11 Å². The van der Waals surface area contributed by atoms with Crippen molar-refractivity contribution >= 4 is 29.9 Å². The number of rotatable bonds is 13. The fourth-order valence-corrected chi connectivity index (χ4v) is 2.56. The summed E-state index contributed by atoms with van der Waals surface area (Å²) in [5.74, 6) is 1.38. The molecule has 23 heavy (non-hydrogen) atoms. The van der Waals surface area contributed by atoms with E-state index in [0.29, 0.717) is 5.92 Å². The quantitative estimate of drug-likeness (QED) is 0.233. The minimum atomic E-state index is 0. The van der Waals surface area contributed by atoms with Crippen LogP contribution >= 0.6 is 24.0 Å². The minimum absolute atomic E-state index is 0. The van der Waals surface area contributed by atoms with Crippen LogP contribution in [0.15, 0.2) is 4.99 Å². The average Bonchev–Trinajstić information content (AvgIpc) is 2.51. The number of aliphatic hydroxyl groups is 1. The van der Waals surface area contributed by atoms with Gasteiger partial charge >= 0.3 is 0 Å². The Morgan fingerprint density at radius 2 is 1.78 bits per heavy atom. The average molecular weight is 442 g/mol. The Kier molecular flexibility index (Phi) is 20.0. The van der Waals surface area contributed by atoms with Gasteiger partial charge in [-0.05, 0) is 45.2 Å². The van der Waals surface area contributed by atoms with Gasteiger partial charge in [-0.15, -0.1) is 24.0 Å². The number of halogens is 1. The predicted molar refractivity (Wildman–Crippen MR) is 112 cm³/mol. The lowest BCUT2D eigenvalue weighted by Crippen LogP contribution is -2.42. The molecule has 0 fully saturated rings. The predicted octanol–water partition coefficient (Wildman–Crippen LogP) is 2.69. The number of aliphatic imine (C=N–C) groups is 1. The molecule has 0 aromatic heterocycles. The molecule has 0 amide bonds. The number of hydrogen-bond donors (Lipinski definition) is 3.